The molecule has 1 heterocycles. The number of carbonyl (C=O) groups is 1. The summed E-state index contributed by atoms with van der Waals surface area (Å²) in [6.45, 7) is 4.66. The van der Waals surface area contributed by atoms with Crippen LogP contribution in [0, 0.1) is 5.92 Å². The molecule has 0 aliphatic heterocycles. The fourth-order valence-corrected chi connectivity index (χ4v) is 1.31. The summed E-state index contributed by atoms with van der Waals surface area (Å²) in [7, 11) is 0. The molecule has 1 rings (SSSR count). The number of nitrogens with two attached hydrogens (primary N) is 1. The van der Waals surface area contributed by atoms with E-state index in [1.54, 1.807) is 0 Å². The molecule has 0 aliphatic rings. The Balaban J connectivity index is 2.28. The Hall–Kier alpha value is -1.43. The summed E-state index contributed by atoms with van der Waals surface area (Å²) < 4.78 is 0. The lowest BCUT2D eigenvalue weighted by molar-refractivity contribution is 0.0945. The second-order valence-electron chi connectivity index (χ2n) is 3.95. The van der Waals surface area contributed by atoms with E-state index in [4.69, 9.17) is 5.73 Å². The highest BCUT2D eigenvalue weighted by atomic mass is 16.1. The number of nitrogens with zero attached hydrogens (tertiary/aromatic N) is 2. The molecule has 0 spiro atoms. The Labute approximate surface area is 88.6 Å². The Morgan fingerprint density at radius 1 is 1.67 bits per heavy atom. The zero-order valence-corrected chi connectivity index (χ0v) is 9.03. The summed E-state index contributed by atoms with van der Waals surface area (Å²) in [4.78, 5) is 11.4. The normalized spacial score (nSPS) is 12.8. The van der Waals surface area contributed by atoms with Crippen molar-refractivity contribution in [3.63, 3.8) is 0 Å². The number of aromatic amines is 1. The second-order valence-corrected chi connectivity index (χ2v) is 3.95. The molecule has 0 bridgehead atoms. The van der Waals surface area contributed by atoms with Crippen molar-refractivity contribution in [2.45, 2.75) is 26.3 Å². The predicted molar refractivity (Wildman–Crippen MR) is 56.1 cm³/mol. The van der Waals surface area contributed by atoms with Crippen LogP contribution in [0.3, 0.4) is 0 Å². The maximum Gasteiger partial charge on any atom is 0.273 e. The maximum atomic E-state index is 11.4. The third-order valence-corrected chi connectivity index (χ3v) is 1.95. The molecule has 1 unspecified atom stereocenters. The quantitative estimate of drug-likeness (QED) is 0.634. The molecule has 15 heavy (non-hydrogen) atoms. The Bertz CT molecular complexity index is 295. The molecule has 1 atom stereocenters. The van der Waals surface area contributed by atoms with Gasteiger partial charge in [0.1, 0.15) is 0 Å². The minimum Gasteiger partial charge on any atom is -0.349 e. The summed E-state index contributed by atoms with van der Waals surface area (Å²) >= 11 is 0. The molecule has 0 aromatic carbocycles. The third kappa shape index (κ3) is 4.07. The molecule has 6 nitrogen and oxygen atoms in total. The van der Waals surface area contributed by atoms with Crippen LogP contribution < -0.4 is 11.1 Å². The van der Waals surface area contributed by atoms with E-state index in [1.807, 2.05) is 0 Å². The van der Waals surface area contributed by atoms with Crippen molar-refractivity contribution in [3.8, 4) is 0 Å². The van der Waals surface area contributed by atoms with Gasteiger partial charge in [0.15, 0.2) is 5.69 Å². The minimum atomic E-state index is -0.247. The monoisotopic (exact) mass is 211 g/mol. The van der Waals surface area contributed by atoms with Crippen molar-refractivity contribution in [1.29, 1.82) is 0 Å². The average Bonchev–Trinajstić information content (AvgIpc) is 2.65. The van der Waals surface area contributed by atoms with Crippen molar-refractivity contribution >= 4 is 5.91 Å². The lowest BCUT2D eigenvalue weighted by Crippen LogP contribution is -2.38. The summed E-state index contributed by atoms with van der Waals surface area (Å²) in [6.07, 6.45) is 2.27. The van der Waals surface area contributed by atoms with Gasteiger partial charge in [-0.25, -0.2) is 0 Å². The van der Waals surface area contributed by atoms with Gasteiger partial charge in [0.2, 0.25) is 0 Å². The lowest BCUT2D eigenvalue weighted by atomic mass is 10.0. The van der Waals surface area contributed by atoms with E-state index in [9.17, 15) is 4.79 Å². The minimum absolute atomic E-state index is 0.0131. The zero-order chi connectivity index (χ0) is 11.3. The smallest absolute Gasteiger partial charge is 0.273 e. The molecule has 0 saturated carbocycles. The van der Waals surface area contributed by atoms with Crippen LogP contribution in [0.25, 0.3) is 0 Å². The van der Waals surface area contributed by atoms with Crippen molar-refractivity contribution < 1.29 is 4.79 Å². The highest BCUT2D eigenvalue weighted by Gasteiger charge is 2.10. The standard InChI is InChI=1S/C9H17N5O/c1-6(2)3-7(10)4-11-9(15)8-5-12-14-13-8/h5-7H,3-4,10H2,1-2H3,(H,11,15)(H,12,13,14). The van der Waals surface area contributed by atoms with E-state index in [2.05, 4.69) is 34.6 Å². The summed E-state index contributed by atoms with van der Waals surface area (Å²) in [5, 5.41) is 12.3. The van der Waals surface area contributed by atoms with Gasteiger partial charge < -0.3 is 11.1 Å². The lowest BCUT2D eigenvalue weighted by Gasteiger charge is -2.13. The number of hydrogen-bond donors (Lipinski definition) is 3. The van der Waals surface area contributed by atoms with Crippen LogP contribution in [0.2, 0.25) is 0 Å². The van der Waals surface area contributed by atoms with Crippen LogP contribution >= 0.6 is 0 Å². The molecular formula is C9H17N5O. The third-order valence-electron chi connectivity index (χ3n) is 1.95. The molecule has 0 radical (unpaired) electrons. The molecule has 6 heteroatoms. The van der Waals surface area contributed by atoms with Crippen LogP contribution in [-0.2, 0) is 0 Å². The van der Waals surface area contributed by atoms with E-state index < -0.39 is 0 Å². The molecular weight excluding hydrogens is 194 g/mol. The second kappa shape index (κ2) is 5.45. The molecule has 0 aliphatic carbocycles. The van der Waals surface area contributed by atoms with Crippen molar-refractivity contribution in [2.24, 2.45) is 11.7 Å². The molecule has 4 N–H and O–H groups in total. The van der Waals surface area contributed by atoms with E-state index >= 15 is 0 Å². The van der Waals surface area contributed by atoms with Gasteiger partial charge in [-0.15, -0.1) is 0 Å². The van der Waals surface area contributed by atoms with Gasteiger partial charge in [0, 0.05) is 12.6 Å². The highest BCUT2D eigenvalue weighted by molar-refractivity contribution is 5.91. The van der Waals surface area contributed by atoms with Crippen molar-refractivity contribution in [1.82, 2.24) is 20.7 Å². The molecule has 0 saturated heterocycles. The summed E-state index contributed by atoms with van der Waals surface area (Å²) in [6, 6.07) is -0.0131. The average molecular weight is 211 g/mol. The molecule has 0 fully saturated rings. The first kappa shape index (κ1) is 11.6. The first-order valence-electron chi connectivity index (χ1n) is 4.99. The molecule has 1 aromatic heterocycles. The van der Waals surface area contributed by atoms with Gasteiger partial charge in [0.25, 0.3) is 5.91 Å². The van der Waals surface area contributed by atoms with Crippen molar-refractivity contribution in [3.05, 3.63) is 11.9 Å². The topological polar surface area (TPSA) is 96.7 Å². The van der Waals surface area contributed by atoms with Gasteiger partial charge in [-0.1, -0.05) is 13.8 Å². The van der Waals surface area contributed by atoms with Gasteiger partial charge >= 0.3 is 0 Å². The fraction of sp³-hybridized carbons (Fsp3) is 0.667. The largest absolute Gasteiger partial charge is 0.349 e. The van der Waals surface area contributed by atoms with Crippen LogP contribution in [-0.4, -0.2) is 33.9 Å². The Morgan fingerprint density at radius 2 is 2.40 bits per heavy atom. The van der Waals surface area contributed by atoms with Gasteiger partial charge in [-0.05, 0) is 12.3 Å². The molecule has 84 valence electrons. The van der Waals surface area contributed by atoms with Crippen LogP contribution in [0.4, 0.5) is 0 Å². The van der Waals surface area contributed by atoms with Gasteiger partial charge in [0.05, 0.1) is 6.20 Å². The number of carbonyl (C=O) groups excluding carboxylic acids is 1. The van der Waals surface area contributed by atoms with E-state index in [0.717, 1.165) is 6.42 Å². The number of aromatic nitrogens is 3. The first-order chi connectivity index (χ1) is 7.09. The number of amides is 1. The van der Waals surface area contributed by atoms with Gasteiger partial charge in [-0.3, -0.25) is 4.79 Å². The van der Waals surface area contributed by atoms with E-state index in [-0.39, 0.29) is 17.6 Å². The zero-order valence-electron chi connectivity index (χ0n) is 9.03. The van der Waals surface area contributed by atoms with Crippen LogP contribution in [0.15, 0.2) is 6.20 Å². The predicted octanol–water partition coefficient (Wildman–Crippen LogP) is -0.0921. The first-order valence-corrected chi connectivity index (χ1v) is 4.99. The number of rotatable bonds is 5. The summed E-state index contributed by atoms with van der Waals surface area (Å²) in [5.74, 6) is 0.284. The van der Waals surface area contributed by atoms with Gasteiger partial charge in [-0.2, -0.15) is 15.4 Å². The molecule has 1 amide bonds. The van der Waals surface area contributed by atoms with Crippen LogP contribution in [0.5, 0.6) is 0 Å². The van der Waals surface area contributed by atoms with Crippen molar-refractivity contribution in [2.75, 3.05) is 6.54 Å². The number of H-pyrrole nitrogens is 1. The number of nitrogens with one attached hydrogen (secondary N) is 2. The Kier molecular flexibility index (Phi) is 4.23. The molecule has 1 aromatic rings. The Morgan fingerprint density at radius 3 is 2.93 bits per heavy atom. The maximum absolute atomic E-state index is 11.4. The van der Waals surface area contributed by atoms with E-state index in [0.29, 0.717) is 12.5 Å². The fourth-order valence-electron chi connectivity index (χ4n) is 1.31. The number of hydrogen-bond acceptors (Lipinski definition) is 4. The van der Waals surface area contributed by atoms with Crippen LogP contribution in [0.1, 0.15) is 30.8 Å². The highest BCUT2D eigenvalue weighted by Crippen LogP contribution is 2.01. The summed E-state index contributed by atoms with van der Waals surface area (Å²) in [5.41, 5.74) is 6.10. The SMILES string of the molecule is CC(C)CC(N)CNC(=O)c1cn[nH]n1. The van der Waals surface area contributed by atoms with E-state index in [1.165, 1.54) is 6.20 Å².